The minimum atomic E-state index is -0.877. The van der Waals surface area contributed by atoms with E-state index in [0.717, 1.165) is 12.1 Å². The summed E-state index contributed by atoms with van der Waals surface area (Å²) >= 11 is 0. The molecule has 3 aromatic rings. The van der Waals surface area contributed by atoms with Gasteiger partial charge in [0.1, 0.15) is 34.6 Å². The van der Waals surface area contributed by atoms with E-state index in [0.29, 0.717) is 5.56 Å². The number of carbonyl (C=O) groups excluding carboxylic acids is 2. The summed E-state index contributed by atoms with van der Waals surface area (Å²) in [5.41, 5.74) is -0.510. The molecule has 0 aliphatic heterocycles. The molecule has 0 saturated carbocycles. The summed E-state index contributed by atoms with van der Waals surface area (Å²) in [6.45, 7) is 0. The fraction of sp³-hybridized carbons (Fsp3) is 0.0417. The SMILES string of the molecule is COc1ccc(NC(=O)/C(C#N)=C/c2cccc(OC(=O)c3cccc(F)c3)c2)c([N+](=O)[O-])c1. The van der Waals surface area contributed by atoms with Gasteiger partial charge in [-0.25, -0.2) is 9.18 Å². The van der Waals surface area contributed by atoms with Gasteiger partial charge < -0.3 is 14.8 Å². The third kappa shape index (κ3) is 5.80. The Kier molecular flexibility index (Phi) is 7.31. The number of nitriles is 1. The van der Waals surface area contributed by atoms with Gasteiger partial charge in [-0.15, -0.1) is 0 Å². The van der Waals surface area contributed by atoms with E-state index >= 15 is 0 Å². The maximum atomic E-state index is 13.3. The van der Waals surface area contributed by atoms with E-state index in [1.807, 2.05) is 0 Å². The zero-order valence-electron chi connectivity index (χ0n) is 17.7. The molecule has 0 aliphatic carbocycles. The van der Waals surface area contributed by atoms with Crippen molar-refractivity contribution in [1.82, 2.24) is 0 Å². The monoisotopic (exact) mass is 461 g/mol. The van der Waals surface area contributed by atoms with Gasteiger partial charge >= 0.3 is 5.97 Å². The number of ether oxygens (including phenoxy) is 2. The Balaban J connectivity index is 1.80. The molecule has 3 rings (SSSR count). The molecule has 10 heteroatoms. The lowest BCUT2D eigenvalue weighted by molar-refractivity contribution is -0.384. The van der Waals surface area contributed by atoms with E-state index in [-0.39, 0.29) is 28.3 Å². The summed E-state index contributed by atoms with van der Waals surface area (Å²) < 4.78 is 23.5. The Labute approximate surface area is 192 Å². The van der Waals surface area contributed by atoms with Gasteiger partial charge in [0, 0.05) is 0 Å². The van der Waals surface area contributed by atoms with Crippen LogP contribution >= 0.6 is 0 Å². The van der Waals surface area contributed by atoms with Gasteiger partial charge in [0.05, 0.1) is 23.7 Å². The average molecular weight is 461 g/mol. The number of nitrogens with zero attached hydrogens (tertiary/aromatic N) is 2. The number of nitro groups is 1. The van der Waals surface area contributed by atoms with Gasteiger partial charge in [0.2, 0.25) is 0 Å². The van der Waals surface area contributed by atoms with Crippen molar-refractivity contribution in [2.75, 3.05) is 12.4 Å². The maximum absolute atomic E-state index is 13.3. The molecule has 0 heterocycles. The fourth-order valence-electron chi connectivity index (χ4n) is 2.85. The minimum Gasteiger partial charge on any atom is -0.496 e. The summed E-state index contributed by atoms with van der Waals surface area (Å²) in [7, 11) is 1.34. The molecular weight excluding hydrogens is 445 g/mol. The highest BCUT2D eigenvalue weighted by Crippen LogP contribution is 2.29. The van der Waals surface area contributed by atoms with Gasteiger partial charge in [-0.3, -0.25) is 14.9 Å². The topological polar surface area (TPSA) is 132 Å². The first-order valence-electron chi connectivity index (χ1n) is 9.64. The van der Waals surface area contributed by atoms with Crippen molar-refractivity contribution in [3.63, 3.8) is 0 Å². The van der Waals surface area contributed by atoms with Crippen molar-refractivity contribution in [2.45, 2.75) is 0 Å². The Morgan fingerprint density at radius 3 is 2.53 bits per heavy atom. The Morgan fingerprint density at radius 2 is 1.85 bits per heavy atom. The molecule has 0 spiro atoms. The van der Waals surface area contributed by atoms with E-state index < -0.39 is 28.3 Å². The molecule has 0 saturated heterocycles. The number of carbonyl (C=O) groups is 2. The van der Waals surface area contributed by atoms with Crippen LogP contribution in [-0.4, -0.2) is 23.9 Å². The van der Waals surface area contributed by atoms with Crippen LogP contribution in [-0.2, 0) is 4.79 Å². The number of anilines is 1. The number of nitrogens with one attached hydrogen (secondary N) is 1. The summed E-state index contributed by atoms with van der Waals surface area (Å²) in [4.78, 5) is 35.4. The second-order valence-electron chi connectivity index (χ2n) is 6.74. The highest BCUT2D eigenvalue weighted by Gasteiger charge is 2.19. The predicted octanol–water partition coefficient (Wildman–Crippen LogP) is 4.51. The number of hydrogen-bond acceptors (Lipinski definition) is 7. The second-order valence-corrected chi connectivity index (χ2v) is 6.74. The highest BCUT2D eigenvalue weighted by molar-refractivity contribution is 6.10. The molecule has 1 amide bonds. The van der Waals surface area contributed by atoms with Crippen LogP contribution in [0.4, 0.5) is 15.8 Å². The lowest BCUT2D eigenvalue weighted by atomic mass is 10.1. The van der Waals surface area contributed by atoms with Crippen LogP contribution in [0.1, 0.15) is 15.9 Å². The molecule has 0 aliphatic rings. The molecule has 0 fully saturated rings. The molecule has 0 atom stereocenters. The second kappa shape index (κ2) is 10.5. The van der Waals surface area contributed by atoms with E-state index in [2.05, 4.69) is 5.32 Å². The molecule has 0 aromatic heterocycles. The molecule has 3 aromatic carbocycles. The van der Waals surface area contributed by atoms with Gasteiger partial charge in [0.15, 0.2) is 0 Å². The zero-order chi connectivity index (χ0) is 24.7. The van der Waals surface area contributed by atoms with Crippen molar-refractivity contribution >= 4 is 29.3 Å². The Hall–Kier alpha value is -5.04. The molecule has 0 bridgehead atoms. The molecular formula is C24H16FN3O6. The number of nitro benzene ring substituents is 1. The van der Waals surface area contributed by atoms with Crippen molar-refractivity contribution in [2.24, 2.45) is 0 Å². The van der Waals surface area contributed by atoms with Crippen LogP contribution in [0, 0.1) is 27.3 Å². The predicted molar refractivity (Wildman–Crippen MR) is 120 cm³/mol. The third-order valence-electron chi connectivity index (χ3n) is 4.45. The summed E-state index contributed by atoms with van der Waals surface area (Å²) in [5.74, 6) is -1.92. The van der Waals surface area contributed by atoms with Crippen LogP contribution in [0.15, 0.2) is 72.3 Å². The minimum absolute atomic E-state index is 0.0131. The quantitative estimate of drug-likeness (QED) is 0.137. The van der Waals surface area contributed by atoms with E-state index in [1.165, 1.54) is 61.7 Å². The van der Waals surface area contributed by atoms with Gasteiger partial charge in [-0.05, 0) is 54.1 Å². The highest BCUT2D eigenvalue weighted by atomic mass is 19.1. The molecule has 170 valence electrons. The van der Waals surface area contributed by atoms with Crippen molar-refractivity contribution < 1.29 is 28.4 Å². The average Bonchev–Trinajstić information content (AvgIpc) is 2.82. The Morgan fingerprint density at radius 1 is 1.09 bits per heavy atom. The number of hydrogen-bond donors (Lipinski definition) is 1. The van der Waals surface area contributed by atoms with Gasteiger partial charge in [0.25, 0.3) is 11.6 Å². The van der Waals surface area contributed by atoms with Crippen LogP contribution in [0.3, 0.4) is 0 Å². The molecule has 34 heavy (non-hydrogen) atoms. The molecule has 0 radical (unpaired) electrons. The van der Waals surface area contributed by atoms with E-state index in [1.54, 1.807) is 12.1 Å². The maximum Gasteiger partial charge on any atom is 0.343 e. The number of halogens is 1. The molecule has 0 unspecified atom stereocenters. The zero-order valence-corrected chi connectivity index (χ0v) is 17.7. The first kappa shape index (κ1) is 23.6. The molecule has 1 N–H and O–H groups in total. The van der Waals surface area contributed by atoms with Crippen LogP contribution < -0.4 is 14.8 Å². The normalized spacial score (nSPS) is 10.7. The first-order chi connectivity index (χ1) is 16.3. The number of methoxy groups -OCH3 is 1. The number of benzene rings is 3. The van der Waals surface area contributed by atoms with Crippen molar-refractivity contribution in [1.29, 1.82) is 5.26 Å². The van der Waals surface area contributed by atoms with Crippen LogP contribution in [0.5, 0.6) is 11.5 Å². The number of amides is 1. The van der Waals surface area contributed by atoms with Crippen LogP contribution in [0.25, 0.3) is 6.08 Å². The largest absolute Gasteiger partial charge is 0.496 e. The van der Waals surface area contributed by atoms with Crippen LogP contribution in [0.2, 0.25) is 0 Å². The number of esters is 1. The number of rotatable bonds is 7. The lowest BCUT2D eigenvalue weighted by Gasteiger charge is -2.08. The third-order valence-corrected chi connectivity index (χ3v) is 4.45. The first-order valence-corrected chi connectivity index (χ1v) is 9.64. The summed E-state index contributed by atoms with van der Waals surface area (Å²) in [5, 5.41) is 23.1. The van der Waals surface area contributed by atoms with Crippen molar-refractivity contribution in [3.05, 3.63) is 99.4 Å². The fourth-order valence-corrected chi connectivity index (χ4v) is 2.85. The van der Waals surface area contributed by atoms with Gasteiger partial charge in [-0.2, -0.15) is 5.26 Å². The van der Waals surface area contributed by atoms with Gasteiger partial charge in [-0.1, -0.05) is 18.2 Å². The standard InChI is InChI=1S/C24H16FN3O6/c1-33-19-8-9-21(22(13-19)28(31)32)27-23(29)17(14-26)10-15-4-2-7-20(11-15)34-24(30)16-5-3-6-18(25)12-16/h2-13H,1H3,(H,27,29)/b17-10+. The molecule has 9 nitrogen and oxygen atoms in total. The summed E-state index contributed by atoms with van der Waals surface area (Å²) in [6, 6.07) is 16.5. The lowest BCUT2D eigenvalue weighted by Crippen LogP contribution is -2.14. The Bertz CT molecular complexity index is 1350. The van der Waals surface area contributed by atoms with E-state index in [9.17, 15) is 29.4 Å². The van der Waals surface area contributed by atoms with E-state index in [4.69, 9.17) is 9.47 Å². The summed E-state index contributed by atoms with van der Waals surface area (Å²) in [6.07, 6.45) is 1.23. The smallest absolute Gasteiger partial charge is 0.343 e. The van der Waals surface area contributed by atoms with Crippen molar-refractivity contribution in [3.8, 4) is 17.6 Å².